The van der Waals surface area contributed by atoms with Gasteiger partial charge in [-0.3, -0.25) is 0 Å². The third-order valence-electron chi connectivity index (χ3n) is 1.76. The quantitative estimate of drug-likeness (QED) is 0.785. The van der Waals surface area contributed by atoms with Crippen molar-refractivity contribution in [2.75, 3.05) is 7.05 Å². The predicted molar refractivity (Wildman–Crippen MR) is 64.2 cm³/mol. The lowest BCUT2D eigenvalue weighted by Gasteiger charge is -2.08. The molecule has 0 aromatic heterocycles. The third-order valence-corrected chi connectivity index (χ3v) is 1.76. The summed E-state index contributed by atoms with van der Waals surface area (Å²) in [7, 11) is 1.53. The Balaban J connectivity index is 0.000000487. The van der Waals surface area contributed by atoms with Crippen molar-refractivity contribution in [2.45, 2.75) is 19.8 Å². The van der Waals surface area contributed by atoms with Gasteiger partial charge >= 0.3 is 0 Å². The Hall–Kier alpha value is -0.770. The summed E-state index contributed by atoms with van der Waals surface area (Å²) < 4.78 is 0.944. The van der Waals surface area contributed by atoms with Crippen LogP contribution in [0.5, 0.6) is 0 Å². The zero-order valence-electron chi connectivity index (χ0n) is 9.24. The largest absolute Gasteiger partial charge is 0.545 e. The highest BCUT2D eigenvalue weighted by Gasteiger charge is 1.99. The maximum Gasteiger partial charge on any atom is 0.0718 e. The Labute approximate surface area is 106 Å². The normalized spacial score (nSPS) is 9.56. The highest BCUT2D eigenvalue weighted by Crippen LogP contribution is 2.09. The van der Waals surface area contributed by atoms with Crippen LogP contribution in [0.1, 0.15) is 29.3 Å². The number of aryl methyl sites for hydroxylation is 1. The number of rotatable bonds is 3. The first-order valence-electron chi connectivity index (χ1n) is 4.83. The summed E-state index contributed by atoms with van der Waals surface area (Å²) in [6.07, 6.45) is 1.74. The zero-order valence-corrected chi connectivity index (χ0v) is 10.8. The predicted octanol–water partition coefficient (Wildman–Crippen LogP) is 2.23. The first kappa shape index (κ1) is 15.2. The summed E-state index contributed by atoms with van der Waals surface area (Å²) in [6.45, 7) is 2.02. The molecule has 0 saturated heterocycles. The minimum atomic E-state index is -1.08. The lowest BCUT2D eigenvalue weighted by Crippen LogP contribution is -2.23. The van der Waals surface area contributed by atoms with Crippen molar-refractivity contribution in [3.05, 3.63) is 35.4 Å². The van der Waals surface area contributed by atoms with Gasteiger partial charge in [0.05, 0.1) is 5.97 Å². The molecule has 3 nitrogen and oxygen atoms in total. The third kappa shape index (κ3) is 6.67. The van der Waals surface area contributed by atoms with Crippen LogP contribution < -0.4 is 5.11 Å². The Kier molecular flexibility index (Phi) is 7.99. The van der Waals surface area contributed by atoms with E-state index in [1.807, 2.05) is 19.1 Å². The van der Waals surface area contributed by atoms with Gasteiger partial charge in [-0.1, -0.05) is 37.6 Å². The lowest BCUT2D eigenvalue weighted by atomic mass is 10.0. The maximum absolute atomic E-state index is 10.6. The van der Waals surface area contributed by atoms with Crippen LogP contribution in [0.25, 0.3) is 0 Å². The van der Waals surface area contributed by atoms with Gasteiger partial charge in [0.2, 0.25) is 0 Å². The van der Waals surface area contributed by atoms with E-state index in [4.69, 9.17) is 23.6 Å². The number of carbonyl (C=O) groups is 1. The Morgan fingerprint density at radius 2 is 1.88 bits per heavy atom. The van der Waals surface area contributed by atoms with Gasteiger partial charge in [-0.25, -0.2) is 0 Å². The number of hydrogen-bond donors (Lipinski definition) is 0. The van der Waals surface area contributed by atoms with E-state index in [0.29, 0.717) is 5.56 Å². The topological polar surface area (TPSA) is 43.4 Å². The van der Waals surface area contributed by atoms with E-state index >= 15 is 0 Å². The highest BCUT2D eigenvalue weighted by molar-refractivity contribution is 6.33. The number of aromatic carboxylic acids is 1. The average molecular weight is 263 g/mol. The van der Waals surface area contributed by atoms with Crippen LogP contribution >= 0.6 is 23.6 Å². The molecule has 0 aliphatic carbocycles. The van der Waals surface area contributed by atoms with Crippen molar-refractivity contribution < 1.29 is 9.90 Å². The molecule has 1 aromatic rings. The fourth-order valence-electron chi connectivity index (χ4n) is 1.21. The maximum atomic E-state index is 10.6. The minimum Gasteiger partial charge on any atom is -0.545 e. The van der Waals surface area contributed by atoms with Crippen molar-refractivity contribution in [1.29, 1.82) is 0 Å². The van der Waals surface area contributed by atoms with Crippen molar-refractivity contribution in [3.63, 3.8) is 0 Å². The van der Waals surface area contributed by atoms with E-state index in [-0.39, 0.29) is 0 Å². The molecule has 0 atom stereocenters. The Morgan fingerprint density at radius 1 is 1.38 bits per heavy atom. The number of nitrogens with zero attached hydrogens (tertiary/aromatic N) is 1. The number of benzene rings is 1. The number of hydrogen-bond acceptors (Lipinski definition) is 3. The van der Waals surface area contributed by atoms with E-state index < -0.39 is 5.97 Å². The van der Waals surface area contributed by atoms with E-state index in [1.54, 1.807) is 12.1 Å². The monoisotopic (exact) mass is 262 g/mol. The fraction of sp³-hybridized carbons (Fsp3) is 0.364. The van der Waals surface area contributed by atoms with Crippen LogP contribution in [-0.2, 0) is 6.42 Å². The number of carboxylic acid groups (broad SMARTS) is 1. The molecule has 16 heavy (non-hydrogen) atoms. The van der Waals surface area contributed by atoms with Crippen molar-refractivity contribution in [2.24, 2.45) is 0 Å². The molecular weight excluding hydrogens is 249 g/mol. The molecule has 0 aliphatic heterocycles. The van der Waals surface area contributed by atoms with Crippen LogP contribution in [0.15, 0.2) is 24.3 Å². The molecule has 90 valence electrons. The molecule has 5 heteroatoms. The van der Waals surface area contributed by atoms with Gasteiger partial charge in [0.25, 0.3) is 0 Å². The Bertz CT molecular complexity index is 327. The SMILES string of the molecule is CCCc1ccccc1C(=O)[O-].CN(Cl)Cl. The van der Waals surface area contributed by atoms with Gasteiger partial charge < -0.3 is 9.90 Å². The van der Waals surface area contributed by atoms with Gasteiger partial charge in [-0.15, -0.1) is 3.94 Å². The molecular formula is C11H14Cl2NO2-. The number of halogens is 2. The second-order valence-corrected chi connectivity index (χ2v) is 4.28. The lowest BCUT2D eigenvalue weighted by molar-refractivity contribution is -0.255. The average Bonchev–Trinajstić information content (AvgIpc) is 2.18. The van der Waals surface area contributed by atoms with Gasteiger partial charge in [0, 0.05) is 12.6 Å². The van der Waals surface area contributed by atoms with Gasteiger partial charge in [-0.2, -0.15) is 0 Å². The fourth-order valence-corrected chi connectivity index (χ4v) is 1.21. The van der Waals surface area contributed by atoms with Crippen LogP contribution in [0.4, 0.5) is 0 Å². The summed E-state index contributed by atoms with van der Waals surface area (Å²) in [6, 6.07) is 6.97. The first-order chi connectivity index (χ1) is 7.49. The molecule has 0 heterocycles. The number of carbonyl (C=O) groups excluding carboxylic acids is 1. The first-order valence-corrected chi connectivity index (χ1v) is 5.51. The molecule has 0 N–H and O–H groups in total. The van der Waals surface area contributed by atoms with Crippen LogP contribution in [-0.4, -0.2) is 17.0 Å². The molecule has 1 aromatic carbocycles. The standard InChI is InChI=1S/C10H12O2.CH3Cl2N/c1-2-5-8-6-3-4-7-9(8)10(11)12;1-4(2)3/h3-4,6-7H,2,5H2,1H3,(H,11,12);1H3/p-1. The molecule has 0 aliphatic rings. The summed E-state index contributed by atoms with van der Waals surface area (Å²) in [5.74, 6) is -1.08. The summed E-state index contributed by atoms with van der Waals surface area (Å²) in [5, 5.41) is 10.6. The van der Waals surface area contributed by atoms with Crippen molar-refractivity contribution >= 4 is 29.5 Å². The molecule has 1 rings (SSSR count). The van der Waals surface area contributed by atoms with E-state index in [1.165, 1.54) is 7.05 Å². The smallest absolute Gasteiger partial charge is 0.0718 e. The van der Waals surface area contributed by atoms with Crippen molar-refractivity contribution in [3.8, 4) is 0 Å². The van der Waals surface area contributed by atoms with E-state index in [2.05, 4.69) is 0 Å². The second kappa shape index (κ2) is 8.39. The molecule has 0 saturated carbocycles. The molecule has 0 amide bonds. The summed E-state index contributed by atoms with van der Waals surface area (Å²) >= 11 is 9.75. The van der Waals surface area contributed by atoms with Gasteiger partial charge in [-0.05, 0) is 35.5 Å². The zero-order chi connectivity index (χ0) is 12.6. The molecule has 0 radical (unpaired) electrons. The van der Waals surface area contributed by atoms with Crippen LogP contribution in [0.3, 0.4) is 0 Å². The van der Waals surface area contributed by atoms with E-state index in [9.17, 15) is 9.90 Å². The van der Waals surface area contributed by atoms with Gasteiger partial charge in [0.1, 0.15) is 0 Å². The molecule has 0 fully saturated rings. The summed E-state index contributed by atoms with van der Waals surface area (Å²) in [4.78, 5) is 10.6. The Morgan fingerprint density at radius 3 is 2.31 bits per heavy atom. The van der Waals surface area contributed by atoms with Gasteiger partial charge in [0.15, 0.2) is 0 Å². The van der Waals surface area contributed by atoms with Crippen LogP contribution in [0, 0.1) is 0 Å². The molecule has 0 spiro atoms. The minimum absolute atomic E-state index is 0.319. The molecule has 0 bridgehead atoms. The second-order valence-electron chi connectivity index (χ2n) is 3.10. The molecule has 0 unspecified atom stereocenters. The van der Waals surface area contributed by atoms with Crippen molar-refractivity contribution in [1.82, 2.24) is 3.94 Å². The van der Waals surface area contributed by atoms with E-state index in [0.717, 1.165) is 22.3 Å². The van der Waals surface area contributed by atoms with Crippen LogP contribution in [0.2, 0.25) is 0 Å². The highest BCUT2D eigenvalue weighted by atomic mass is 35.5. The number of carboxylic acids is 1. The summed E-state index contributed by atoms with van der Waals surface area (Å²) in [5.41, 5.74) is 1.18.